The Kier molecular flexibility index (Phi) is 5.22. The fraction of sp³-hybridized carbons (Fsp3) is 0.571. The molecule has 0 amide bonds. The first-order chi connectivity index (χ1) is 6.49. The highest BCUT2D eigenvalue weighted by Gasteiger charge is 2.23. The SMILES string of the molecule is Cc1noc(C)c1S(=O)(=O)NCCN.Cl. The van der Waals surface area contributed by atoms with Gasteiger partial charge in [0.15, 0.2) is 5.76 Å². The third kappa shape index (κ3) is 3.16. The van der Waals surface area contributed by atoms with E-state index < -0.39 is 10.0 Å². The molecular formula is C7H14ClN3O3S. The molecule has 0 aliphatic heterocycles. The first-order valence-corrected chi connectivity index (χ1v) is 5.60. The predicted molar refractivity (Wildman–Crippen MR) is 57.5 cm³/mol. The molecule has 0 saturated carbocycles. The van der Waals surface area contributed by atoms with Crippen molar-refractivity contribution in [1.82, 2.24) is 9.88 Å². The summed E-state index contributed by atoms with van der Waals surface area (Å²) in [5.41, 5.74) is 5.55. The molecule has 0 aliphatic rings. The van der Waals surface area contributed by atoms with Gasteiger partial charge in [0.25, 0.3) is 0 Å². The number of nitrogens with two attached hydrogens (primary N) is 1. The number of aromatic nitrogens is 1. The molecule has 0 fully saturated rings. The van der Waals surface area contributed by atoms with E-state index in [0.29, 0.717) is 5.69 Å². The Morgan fingerprint density at radius 3 is 2.47 bits per heavy atom. The van der Waals surface area contributed by atoms with Gasteiger partial charge >= 0.3 is 0 Å². The summed E-state index contributed by atoms with van der Waals surface area (Å²) < 4.78 is 30.4. The number of hydrogen-bond acceptors (Lipinski definition) is 5. The van der Waals surface area contributed by atoms with Crippen LogP contribution in [0.3, 0.4) is 0 Å². The number of nitrogens with one attached hydrogen (secondary N) is 1. The fourth-order valence-electron chi connectivity index (χ4n) is 1.12. The van der Waals surface area contributed by atoms with Crippen LogP contribution in [0.5, 0.6) is 0 Å². The van der Waals surface area contributed by atoms with Crippen LogP contribution in [0, 0.1) is 13.8 Å². The van der Waals surface area contributed by atoms with Crippen molar-refractivity contribution in [3.05, 3.63) is 11.5 Å². The summed E-state index contributed by atoms with van der Waals surface area (Å²) >= 11 is 0. The van der Waals surface area contributed by atoms with Gasteiger partial charge in [0.2, 0.25) is 10.0 Å². The van der Waals surface area contributed by atoms with Gasteiger partial charge in [-0.3, -0.25) is 0 Å². The highest BCUT2D eigenvalue weighted by molar-refractivity contribution is 7.89. The largest absolute Gasteiger partial charge is 0.360 e. The van der Waals surface area contributed by atoms with Crippen LogP contribution >= 0.6 is 12.4 Å². The van der Waals surface area contributed by atoms with Crippen molar-refractivity contribution >= 4 is 22.4 Å². The van der Waals surface area contributed by atoms with Crippen LogP contribution in [0.25, 0.3) is 0 Å². The fourth-order valence-corrected chi connectivity index (χ4v) is 2.50. The second kappa shape index (κ2) is 5.45. The second-order valence-electron chi connectivity index (χ2n) is 2.84. The third-order valence-electron chi connectivity index (χ3n) is 1.67. The van der Waals surface area contributed by atoms with Crippen molar-refractivity contribution in [2.45, 2.75) is 18.7 Å². The number of aryl methyl sites for hydroxylation is 2. The van der Waals surface area contributed by atoms with E-state index in [1.54, 1.807) is 13.8 Å². The molecule has 88 valence electrons. The van der Waals surface area contributed by atoms with Crippen molar-refractivity contribution in [2.24, 2.45) is 5.73 Å². The minimum atomic E-state index is -3.53. The molecule has 3 N–H and O–H groups in total. The number of halogens is 1. The Hall–Kier alpha value is -0.630. The van der Waals surface area contributed by atoms with Crippen LogP contribution in [-0.4, -0.2) is 26.7 Å². The van der Waals surface area contributed by atoms with Crippen molar-refractivity contribution in [1.29, 1.82) is 0 Å². The van der Waals surface area contributed by atoms with Gasteiger partial charge in [-0.1, -0.05) is 5.16 Å². The summed E-state index contributed by atoms with van der Waals surface area (Å²) in [6.07, 6.45) is 0. The molecule has 1 rings (SSSR count). The van der Waals surface area contributed by atoms with E-state index in [1.165, 1.54) is 0 Å². The lowest BCUT2D eigenvalue weighted by Gasteiger charge is -2.03. The Morgan fingerprint density at radius 2 is 2.07 bits per heavy atom. The van der Waals surface area contributed by atoms with Crippen LogP contribution in [0.1, 0.15) is 11.5 Å². The van der Waals surface area contributed by atoms with Gasteiger partial charge in [-0.25, -0.2) is 13.1 Å². The summed E-state index contributed by atoms with van der Waals surface area (Å²) in [7, 11) is -3.53. The number of hydrogen-bond donors (Lipinski definition) is 2. The summed E-state index contributed by atoms with van der Waals surface area (Å²) in [6.45, 7) is 3.58. The molecular weight excluding hydrogens is 242 g/mol. The zero-order chi connectivity index (χ0) is 10.8. The summed E-state index contributed by atoms with van der Waals surface area (Å²) in [4.78, 5) is 0.103. The normalized spacial score (nSPS) is 11.1. The maximum absolute atomic E-state index is 11.6. The van der Waals surface area contributed by atoms with Gasteiger partial charge in [-0.2, -0.15) is 0 Å². The van der Waals surface area contributed by atoms with Crippen molar-refractivity contribution in [3.8, 4) is 0 Å². The van der Waals surface area contributed by atoms with E-state index in [0.717, 1.165) is 0 Å². The van der Waals surface area contributed by atoms with E-state index in [4.69, 9.17) is 10.3 Å². The Morgan fingerprint density at radius 1 is 1.47 bits per heavy atom. The molecule has 1 aromatic heterocycles. The predicted octanol–water partition coefficient (Wildman–Crippen LogP) is -0.0498. The van der Waals surface area contributed by atoms with Crippen LogP contribution in [0.2, 0.25) is 0 Å². The molecule has 0 bridgehead atoms. The van der Waals surface area contributed by atoms with Crippen LogP contribution in [-0.2, 0) is 10.0 Å². The standard InChI is InChI=1S/C7H13N3O3S.ClH/c1-5-7(6(2)13-10-5)14(11,12)9-4-3-8;/h9H,3-4,8H2,1-2H3;1H. The summed E-state index contributed by atoms with van der Waals surface area (Å²) in [5, 5.41) is 3.57. The van der Waals surface area contributed by atoms with Gasteiger partial charge in [0.1, 0.15) is 10.6 Å². The zero-order valence-electron chi connectivity index (χ0n) is 8.48. The molecule has 0 atom stereocenters. The molecule has 0 radical (unpaired) electrons. The van der Waals surface area contributed by atoms with E-state index >= 15 is 0 Å². The number of rotatable bonds is 4. The maximum Gasteiger partial charge on any atom is 0.246 e. The average molecular weight is 256 g/mol. The smallest absolute Gasteiger partial charge is 0.246 e. The van der Waals surface area contributed by atoms with Crippen LogP contribution in [0.15, 0.2) is 9.42 Å². The lowest BCUT2D eigenvalue weighted by atomic mass is 10.4. The number of sulfonamides is 1. The summed E-state index contributed by atoms with van der Waals surface area (Å²) in [5.74, 6) is 0.284. The van der Waals surface area contributed by atoms with Gasteiger partial charge in [-0.05, 0) is 13.8 Å². The van der Waals surface area contributed by atoms with Gasteiger partial charge < -0.3 is 10.3 Å². The lowest BCUT2D eigenvalue weighted by molar-refractivity contribution is 0.390. The van der Waals surface area contributed by atoms with Gasteiger partial charge in [0.05, 0.1) is 0 Å². The molecule has 0 spiro atoms. The molecule has 0 aliphatic carbocycles. The minimum Gasteiger partial charge on any atom is -0.360 e. The Bertz CT molecular complexity index is 396. The molecule has 0 aromatic carbocycles. The van der Waals surface area contributed by atoms with Crippen LogP contribution in [0.4, 0.5) is 0 Å². The van der Waals surface area contributed by atoms with Crippen LogP contribution < -0.4 is 10.5 Å². The lowest BCUT2D eigenvalue weighted by Crippen LogP contribution is -2.29. The quantitative estimate of drug-likeness (QED) is 0.786. The number of nitrogens with zero attached hydrogens (tertiary/aromatic N) is 1. The molecule has 0 unspecified atom stereocenters. The minimum absolute atomic E-state index is 0. The highest BCUT2D eigenvalue weighted by Crippen LogP contribution is 2.17. The molecule has 1 heterocycles. The summed E-state index contributed by atoms with van der Waals surface area (Å²) in [6, 6.07) is 0. The van der Waals surface area contributed by atoms with Gasteiger partial charge in [-0.15, -0.1) is 12.4 Å². The van der Waals surface area contributed by atoms with E-state index in [9.17, 15) is 8.42 Å². The molecule has 6 nitrogen and oxygen atoms in total. The topological polar surface area (TPSA) is 98.2 Å². The molecule has 8 heteroatoms. The van der Waals surface area contributed by atoms with E-state index in [1.807, 2.05) is 0 Å². The monoisotopic (exact) mass is 255 g/mol. The van der Waals surface area contributed by atoms with E-state index in [-0.39, 0.29) is 36.2 Å². The maximum atomic E-state index is 11.6. The average Bonchev–Trinajstić information content (AvgIpc) is 2.43. The molecule has 15 heavy (non-hydrogen) atoms. The second-order valence-corrected chi connectivity index (χ2v) is 4.54. The van der Waals surface area contributed by atoms with Crippen molar-refractivity contribution < 1.29 is 12.9 Å². The Balaban J connectivity index is 0.00000196. The molecule has 0 saturated heterocycles. The van der Waals surface area contributed by atoms with Crippen molar-refractivity contribution in [2.75, 3.05) is 13.1 Å². The zero-order valence-corrected chi connectivity index (χ0v) is 10.1. The molecule has 1 aromatic rings. The first-order valence-electron chi connectivity index (χ1n) is 4.11. The van der Waals surface area contributed by atoms with E-state index in [2.05, 4.69) is 9.88 Å². The Labute approximate surface area is 94.7 Å². The third-order valence-corrected chi connectivity index (χ3v) is 3.38. The van der Waals surface area contributed by atoms with Gasteiger partial charge in [0, 0.05) is 13.1 Å². The highest BCUT2D eigenvalue weighted by atomic mass is 35.5. The van der Waals surface area contributed by atoms with Crippen molar-refractivity contribution in [3.63, 3.8) is 0 Å². The first kappa shape index (κ1) is 14.4.